The van der Waals surface area contributed by atoms with Crippen LogP contribution < -0.4 is 27.0 Å². The molecule has 39 heavy (non-hydrogen) atoms. The second-order valence-electron chi connectivity index (χ2n) is 9.12. The molecule has 0 aliphatic heterocycles. The third-order valence-electron chi connectivity index (χ3n) is 5.46. The van der Waals surface area contributed by atoms with E-state index in [2.05, 4.69) is 21.3 Å². The maximum absolute atomic E-state index is 12.7. The van der Waals surface area contributed by atoms with Crippen molar-refractivity contribution in [1.29, 1.82) is 0 Å². The lowest BCUT2D eigenvalue weighted by Crippen LogP contribution is -2.58. The molecule has 0 radical (unpaired) electrons. The van der Waals surface area contributed by atoms with Gasteiger partial charge >= 0.3 is 0 Å². The lowest BCUT2D eigenvalue weighted by atomic mass is 10.0. The first-order chi connectivity index (χ1) is 18.7. The first kappa shape index (κ1) is 36.2. The third kappa shape index (κ3) is 20.8. The Balaban J connectivity index is 5.15. The van der Waals surface area contributed by atoms with Crippen LogP contribution in [0, 0.1) is 0 Å². The van der Waals surface area contributed by atoms with Gasteiger partial charge in [-0.25, -0.2) is 0 Å². The zero-order valence-corrected chi connectivity index (χ0v) is 23.9. The number of carbonyl (C=O) groups excluding carboxylic acids is 5. The number of hydrogen-bond donors (Lipinski definition) is 5. The minimum Gasteiger partial charge on any atom is -0.379 e. The predicted octanol–water partition coefficient (Wildman–Crippen LogP) is -0.0944. The van der Waals surface area contributed by atoms with Crippen molar-refractivity contribution < 1.29 is 38.2 Å². The molecule has 13 heteroatoms. The zero-order valence-electron chi connectivity index (χ0n) is 23.9. The van der Waals surface area contributed by atoms with Gasteiger partial charge in [0.1, 0.15) is 5.54 Å². The Morgan fingerprint density at radius 2 is 0.949 bits per heavy atom. The smallest absolute Gasteiger partial charge is 0.221 e. The van der Waals surface area contributed by atoms with E-state index in [0.29, 0.717) is 78.0 Å². The SMILES string of the molecule is CCC(=O)NCCCOCC(COCCCNC(=O)CC)(COCCCNC(=O)CC)NC(=O)CCC(N)=O. The Morgan fingerprint density at radius 1 is 0.590 bits per heavy atom. The summed E-state index contributed by atoms with van der Waals surface area (Å²) in [4.78, 5) is 58.1. The molecule has 6 N–H and O–H groups in total. The lowest BCUT2D eigenvalue weighted by molar-refractivity contribution is -0.130. The number of nitrogens with one attached hydrogen (secondary N) is 4. The summed E-state index contributed by atoms with van der Waals surface area (Å²) in [5.74, 6) is -1.11. The number of hydrogen-bond acceptors (Lipinski definition) is 8. The Hall–Kier alpha value is -2.77. The van der Waals surface area contributed by atoms with Gasteiger partial charge in [0.25, 0.3) is 0 Å². The molecule has 0 saturated heterocycles. The summed E-state index contributed by atoms with van der Waals surface area (Å²) >= 11 is 0. The van der Waals surface area contributed by atoms with Gasteiger partial charge in [0.15, 0.2) is 0 Å². The van der Waals surface area contributed by atoms with E-state index in [9.17, 15) is 24.0 Å². The average molecular weight is 560 g/mol. The molecule has 0 fully saturated rings. The molecule has 0 aliphatic rings. The quantitative estimate of drug-likeness (QED) is 0.0959. The summed E-state index contributed by atoms with van der Waals surface area (Å²) < 4.78 is 17.6. The van der Waals surface area contributed by atoms with Gasteiger partial charge in [-0.2, -0.15) is 0 Å². The van der Waals surface area contributed by atoms with Crippen LogP contribution >= 0.6 is 0 Å². The normalized spacial score (nSPS) is 11.1. The molecule has 5 amide bonds. The predicted molar refractivity (Wildman–Crippen MR) is 146 cm³/mol. The molecule has 13 nitrogen and oxygen atoms in total. The fourth-order valence-corrected chi connectivity index (χ4v) is 3.21. The summed E-state index contributed by atoms with van der Waals surface area (Å²) in [6.45, 7) is 7.89. The highest BCUT2D eigenvalue weighted by atomic mass is 16.5. The molecule has 0 heterocycles. The standard InChI is InChI=1S/C26H49N5O8/c1-4-22(33)28-12-7-15-37-18-26(31-25(36)11-10-21(27)32,19-38-16-8-13-29-23(34)5-2)20-39-17-9-14-30-24(35)6-3/h4-20H2,1-3H3,(H2,27,32)(H,28,33)(H,29,34)(H,30,35)(H,31,36). The maximum Gasteiger partial charge on any atom is 0.221 e. The van der Waals surface area contributed by atoms with Gasteiger partial charge in [-0.1, -0.05) is 20.8 Å². The number of ether oxygens (including phenoxy) is 3. The Kier molecular flexibility index (Phi) is 21.5. The highest BCUT2D eigenvalue weighted by Gasteiger charge is 2.33. The van der Waals surface area contributed by atoms with Crippen molar-refractivity contribution in [2.45, 2.75) is 77.7 Å². The molecule has 0 unspecified atom stereocenters. The maximum atomic E-state index is 12.7. The van der Waals surface area contributed by atoms with Gasteiger partial charge in [-0.05, 0) is 19.3 Å². The third-order valence-corrected chi connectivity index (χ3v) is 5.46. The molecule has 0 aromatic carbocycles. The Labute approximate surface area is 232 Å². The zero-order chi connectivity index (χ0) is 29.4. The number of rotatable bonds is 25. The van der Waals surface area contributed by atoms with Crippen LogP contribution in [0.2, 0.25) is 0 Å². The van der Waals surface area contributed by atoms with E-state index in [4.69, 9.17) is 19.9 Å². The topological polar surface area (TPSA) is 187 Å². The van der Waals surface area contributed by atoms with E-state index in [-0.39, 0.29) is 50.4 Å². The summed E-state index contributed by atoms with van der Waals surface area (Å²) in [6, 6.07) is 0. The number of amides is 5. The molecule has 0 spiro atoms. The molecule has 0 bridgehead atoms. The van der Waals surface area contributed by atoms with Crippen molar-refractivity contribution in [1.82, 2.24) is 21.3 Å². The monoisotopic (exact) mass is 559 g/mol. The molecular weight excluding hydrogens is 510 g/mol. The van der Waals surface area contributed by atoms with Crippen LogP contribution in [0.3, 0.4) is 0 Å². The highest BCUT2D eigenvalue weighted by Crippen LogP contribution is 2.11. The van der Waals surface area contributed by atoms with Crippen molar-refractivity contribution in [3.63, 3.8) is 0 Å². The summed E-state index contributed by atoms with van der Waals surface area (Å²) in [5.41, 5.74) is 4.14. The van der Waals surface area contributed by atoms with Crippen LogP contribution in [-0.4, -0.2) is 94.4 Å². The van der Waals surface area contributed by atoms with Crippen molar-refractivity contribution in [3.05, 3.63) is 0 Å². The van der Waals surface area contributed by atoms with E-state index in [1.54, 1.807) is 20.8 Å². The van der Waals surface area contributed by atoms with E-state index in [1.165, 1.54) is 0 Å². The van der Waals surface area contributed by atoms with Gasteiger partial charge in [0.05, 0.1) is 19.8 Å². The molecule has 0 rings (SSSR count). The largest absolute Gasteiger partial charge is 0.379 e. The van der Waals surface area contributed by atoms with Gasteiger partial charge in [0.2, 0.25) is 29.5 Å². The summed E-state index contributed by atoms with van der Waals surface area (Å²) in [7, 11) is 0. The van der Waals surface area contributed by atoms with Crippen LogP contribution in [0.15, 0.2) is 0 Å². The first-order valence-electron chi connectivity index (χ1n) is 13.8. The van der Waals surface area contributed by atoms with Crippen molar-refractivity contribution in [3.8, 4) is 0 Å². The Bertz CT molecular complexity index is 666. The van der Waals surface area contributed by atoms with Gasteiger partial charge < -0.3 is 41.2 Å². The molecule has 226 valence electrons. The van der Waals surface area contributed by atoms with Gasteiger partial charge in [0, 0.05) is 71.6 Å². The number of carbonyl (C=O) groups is 5. The number of primary amides is 1. The fourth-order valence-electron chi connectivity index (χ4n) is 3.21. The molecular formula is C26H49N5O8. The van der Waals surface area contributed by atoms with Crippen LogP contribution in [0.25, 0.3) is 0 Å². The second kappa shape index (κ2) is 23.1. The lowest BCUT2D eigenvalue weighted by Gasteiger charge is -2.34. The molecule has 0 aliphatic carbocycles. The van der Waals surface area contributed by atoms with Crippen LogP contribution in [0.5, 0.6) is 0 Å². The first-order valence-corrected chi connectivity index (χ1v) is 13.8. The highest BCUT2D eigenvalue weighted by molar-refractivity contribution is 5.83. The second-order valence-corrected chi connectivity index (χ2v) is 9.12. The Morgan fingerprint density at radius 3 is 1.26 bits per heavy atom. The molecule has 0 saturated carbocycles. The van der Waals surface area contributed by atoms with Crippen LogP contribution in [-0.2, 0) is 38.2 Å². The summed E-state index contributed by atoms with van der Waals surface area (Å²) in [6.07, 6.45) is 2.75. The van der Waals surface area contributed by atoms with Crippen molar-refractivity contribution in [2.24, 2.45) is 5.73 Å². The minimum absolute atomic E-state index is 0.0434. The minimum atomic E-state index is -1.05. The summed E-state index contributed by atoms with van der Waals surface area (Å²) in [5, 5.41) is 11.2. The molecule has 0 atom stereocenters. The van der Waals surface area contributed by atoms with Gasteiger partial charge in [-0.3, -0.25) is 24.0 Å². The van der Waals surface area contributed by atoms with Gasteiger partial charge in [-0.15, -0.1) is 0 Å². The van der Waals surface area contributed by atoms with Crippen molar-refractivity contribution in [2.75, 3.05) is 59.3 Å². The van der Waals surface area contributed by atoms with E-state index >= 15 is 0 Å². The molecule has 0 aromatic heterocycles. The van der Waals surface area contributed by atoms with E-state index < -0.39 is 17.4 Å². The van der Waals surface area contributed by atoms with Crippen molar-refractivity contribution >= 4 is 29.5 Å². The van der Waals surface area contributed by atoms with Crippen LogP contribution in [0.1, 0.15) is 72.1 Å². The van der Waals surface area contributed by atoms with E-state index in [1.807, 2.05) is 0 Å². The average Bonchev–Trinajstić information content (AvgIpc) is 2.92. The number of nitrogens with two attached hydrogens (primary N) is 1. The van der Waals surface area contributed by atoms with E-state index in [0.717, 1.165) is 0 Å². The van der Waals surface area contributed by atoms with Crippen LogP contribution in [0.4, 0.5) is 0 Å². The molecule has 0 aromatic rings. The fraction of sp³-hybridized carbons (Fsp3) is 0.808.